The van der Waals surface area contributed by atoms with Gasteiger partial charge in [0.2, 0.25) is 0 Å². The first-order chi connectivity index (χ1) is 18.9. The number of nitriles is 1. The number of carbonyl (C=O) groups excluding carboxylic acids is 1. The highest BCUT2D eigenvalue weighted by atomic mass is 16.5. The molecule has 200 valence electrons. The van der Waals surface area contributed by atoms with Gasteiger partial charge in [0.05, 0.1) is 18.2 Å². The van der Waals surface area contributed by atoms with E-state index >= 15 is 0 Å². The molecule has 1 aliphatic heterocycles. The Labute approximate surface area is 227 Å². The molecule has 1 aliphatic rings. The van der Waals surface area contributed by atoms with Gasteiger partial charge in [0.25, 0.3) is 11.8 Å². The first-order valence-corrected chi connectivity index (χ1v) is 13.2. The Morgan fingerprint density at radius 3 is 2.62 bits per heavy atom. The molecule has 1 atom stereocenters. The topological polar surface area (TPSA) is 116 Å². The molecule has 1 aromatic carbocycles. The lowest BCUT2D eigenvalue weighted by Crippen LogP contribution is -2.53. The maximum Gasteiger partial charge on any atom is 0.252 e. The van der Waals surface area contributed by atoms with E-state index in [-0.39, 0.29) is 23.9 Å². The van der Waals surface area contributed by atoms with Gasteiger partial charge in [-0.1, -0.05) is 24.3 Å². The number of amides is 1. The number of aromatic nitrogens is 3. The molecule has 9 nitrogen and oxygen atoms in total. The van der Waals surface area contributed by atoms with Crippen LogP contribution in [0.5, 0.6) is 5.88 Å². The molecule has 0 spiro atoms. The van der Waals surface area contributed by atoms with Crippen LogP contribution in [0.3, 0.4) is 0 Å². The van der Waals surface area contributed by atoms with Crippen LogP contribution in [-0.4, -0.2) is 57.0 Å². The molecule has 39 heavy (non-hydrogen) atoms. The monoisotopic (exact) mass is 524 g/mol. The van der Waals surface area contributed by atoms with E-state index < -0.39 is 6.10 Å². The Bertz CT molecular complexity index is 1480. The van der Waals surface area contributed by atoms with Crippen LogP contribution in [0.15, 0.2) is 67.0 Å². The number of hydrogen-bond donors (Lipinski definition) is 2. The molecule has 1 unspecified atom stereocenters. The maximum absolute atomic E-state index is 12.7. The van der Waals surface area contributed by atoms with Crippen molar-refractivity contribution in [2.24, 2.45) is 0 Å². The van der Waals surface area contributed by atoms with Crippen LogP contribution in [0.25, 0.3) is 16.6 Å². The zero-order valence-electron chi connectivity index (χ0n) is 22.2. The normalized spacial score (nSPS) is 15.5. The van der Waals surface area contributed by atoms with Gasteiger partial charge in [-0.3, -0.25) is 4.79 Å². The largest absolute Gasteiger partial charge is 0.476 e. The first kappa shape index (κ1) is 26.2. The zero-order chi connectivity index (χ0) is 27.4. The van der Waals surface area contributed by atoms with E-state index in [9.17, 15) is 15.2 Å². The standard InChI is InChI=1S/C30H32N6O3/c1-21(37)12-18-39-29-25(19-31)27-24(9-6-15-36(27)34-29)23-10-11-26(32-20-23)35-16-13-30(2,14-17-35)33-28(38)22-7-4-3-5-8-22/h3-11,15,20-21,37H,12-14,16-18H2,1-2H3,(H,33,38). The van der Waals surface area contributed by atoms with Crippen LogP contribution in [-0.2, 0) is 0 Å². The number of aliphatic hydroxyl groups is 1. The smallest absolute Gasteiger partial charge is 0.252 e. The summed E-state index contributed by atoms with van der Waals surface area (Å²) in [6.07, 6.45) is 5.18. The van der Waals surface area contributed by atoms with Crippen molar-refractivity contribution < 1.29 is 14.6 Å². The molecule has 2 N–H and O–H groups in total. The molecule has 4 heterocycles. The predicted molar refractivity (Wildman–Crippen MR) is 149 cm³/mol. The fourth-order valence-electron chi connectivity index (χ4n) is 4.86. The van der Waals surface area contributed by atoms with Crippen LogP contribution >= 0.6 is 0 Å². The van der Waals surface area contributed by atoms with E-state index in [0.717, 1.165) is 42.9 Å². The van der Waals surface area contributed by atoms with E-state index in [1.54, 1.807) is 17.6 Å². The minimum atomic E-state index is -0.491. The number of fused-ring (bicyclic) bond motifs is 1. The van der Waals surface area contributed by atoms with Gasteiger partial charge in [0.15, 0.2) is 0 Å². The number of aliphatic hydroxyl groups excluding tert-OH is 1. The SMILES string of the molecule is CC(O)CCOc1nn2cccc(-c3ccc(N4CCC(C)(NC(=O)c5ccccc5)CC4)nc3)c2c1C#N. The number of hydrogen-bond acceptors (Lipinski definition) is 7. The molecule has 1 saturated heterocycles. The molecular formula is C30H32N6O3. The van der Waals surface area contributed by atoms with Gasteiger partial charge in [-0.05, 0) is 57.0 Å². The van der Waals surface area contributed by atoms with Gasteiger partial charge in [0.1, 0.15) is 17.5 Å². The van der Waals surface area contributed by atoms with Crippen molar-refractivity contribution in [3.05, 3.63) is 78.1 Å². The summed E-state index contributed by atoms with van der Waals surface area (Å²) in [7, 11) is 0. The molecule has 1 fully saturated rings. The van der Waals surface area contributed by atoms with Crippen molar-refractivity contribution in [2.45, 2.75) is 44.8 Å². The van der Waals surface area contributed by atoms with Crippen LogP contribution in [0, 0.1) is 11.3 Å². The summed E-state index contributed by atoms with van der Waals surface area (Å²) in [5, 5.41) is 27.1. The third kappa shape index (κ3) is 5.71. The highest BCUT2D eigenvalue weighted by Gasteiger charge is 2.32. The number of nitrogens with zero attached hydrogens (tertiary/aromatic N) is 5. The summed E-state index contributed by atoms with van der Waals surface area (Å²) >= 11 is 0. The number of piperidine rings is 1. The average Bonchev–Trinajstić information content (AvgIpc) is 3.31. The van der Waals surface area contributed by atoms with Gasteiger partial charge in [-0.25, -0.2) is 9.50 Å². The van der Waals surface area contributed by atoms with Gasteiger partial charge < -0.3 is 20.1 Å². The van der Waals surface area contributed by atoms with Gasteiger partial charge >= 0.3 is 0 Å². The third-order valence-electron chi connectivity index (χ3n) is 7.21. The molecule has 4 aromatic rings. The minimum Gasteiger partial charge on any atom is -0.476 e. The number of anilines is 1. The Morgan fingerprint density at radius 1 is 1.18 bits per heavy atom. The zero-order valence-corrected chi connectivity index (χ0v) is 22.2. The number of carbonyl (C=O) groups is 1. The predicted octanol–water partition coefficient (Wildman–Crippen LogP) is 4.21. The lowest BCUT2D eigenvalue weighted by Gasteiger charge is -2.40. The molecule has 0 bridgehead atoms. The van der Waals surface area contributed by atoms with Crippen LogP contribution in [0.2, 0.25) is 0 Å². The summed E-state index contributed by atoms with van der Waals surface area (Å²) in [5.74, 6) is 1.08. The summed E-state index contributed by atoms with van der Waals surface area (Å²) in [6.45, 7) is 5.62. The number of pyridine rings is 2. The van der Waals surface area contributed by atoms with Crippen LogP contribution in [0.4, 0.5) is 5.82 Å². The number of ether oxygens (including phenoxy) is 1. The second-order valence-corrected chi connectivity index (χ2v) is 10.3. The summed E-state index contributed by atoms with van der Waals surface area (Å²) in [4.78, 5) is 19.7. The Hall–Kier alpha value is -4.42. The average molecular weight is 525 g/mol. The second kappa shape index (κ2) is 11.1. The molecule has 9 heteroatoms. The van der Waals surface area contributed by atoms with E-state index in [0.29, 0.717) is 23.1 Å². The van der Waals surface area contributed by atoms with E-state index in [4.69, 9.17) is 9.72 Å². The van der Waals surface area contributed by atoms with Crippen molar-refractivity contribution in [1.29, 1.82) is 5.26 Å². The quantitative estimate of drug-likeness (QED) is 0.355. The van der Waals surface area contributed by atoms with E-state index in [2.05, 4.69) is 28.3 Å². The highest BCUT2D eigenvalue weighted by Crippen LogP contribution is 2.32. The highest BCUT2D eigenvalue weighted by molar-refractivity contribution is 5.94. The number of benzene rings is 1. The van der Waals surface area contributed by atoms with Crippen LogP contribution in [0.1, 0.15) is 49.0 Å². The van der Waals surface area contributed by atoms with Gasteiger partial charge in [-0.2, -0.15) is 5.26 Å². The molecule has 1 amide bonds. The molecular weight excluding hydrogens is 492 g/mol. The summed E-state index contributed by atoms with van der Waals surface area (Å²) in [6, 6.07) is 19.3. The fourth-order valence-corrected chi connectivity index (χ4v) is 4.86. The van der Waals surface area contributed by atoms with Crippen molar-refractivity contribution in [1.82, 2.24) is 19.9 Å². The summed E-state index contributed by atoms with van der Waals surface area (Å²) in [5.41, 5.74) is 3.11. The van der Waals surface area contributed by atoms with E-state index in [1.165, 1.54) is 0 Å². The Morgan fingerprint density at radius 2 is 1.95 bits per heavy atom. The van der Waals surface area contributed by atoms with Crippen LogP contribution < -0.4 is 15.0 Å². The third-order valence-corrected chi connectivity index (χ3v) is 7.21. The minimum absolute atomic E-state index is 0.0451. The van der Waals surface area contributed by atoms with Gasteiger partial charge in [-0.15, -0.1) is 5.10 Å². The van der Waals surface area contributed by atoms with E-state index in [1.807, 2.05) is 60.8 Å². The Kier molecular flexibility index (Phi) is 7.48. The second-order valence-electron chi connectivity index (χ2n) is 10.3. The van der Waals surface area contributed by atoms with Crippen molar-refractivity contribution >= 4 is 17.2 Å². The fraction of sp³-hybridized carbons (Fsp3) is 0.333. The molecule has 5 rings (SSSR count). The molecule has 0 saturated carbocycles. The maximum atomic E-state index is 12.7. The number of nitrogens with one attached hydrogen (secondary N) is 1. The van der Waals surface area contributed by atoms with Gasteiger partial charge in [0, 0.05) is 54.1 Å². The summed E-state index contributed by atoms with van der Waals surface area (Å²) < 4.78 is 7.36. The lowest BCUT2D eigenvalue weighted by molar-refractivity contribution is 0.0891. The van der Waals surface area contributed by atoms with Crippen molar-refractivity contribution in [3.8, 4) is 23.1 Å². The van der Waals surface area contributed by atoms with Crippen molar-refractivity contribution in [2.75, 3.05) is 24.6 Å². The first-order valence-electron chi connectivity index (χ1n) is 13.2. The number of rotatable bonds is 8. The molecule has 0 radical (unpaired) electrons. The van der Waals surface area contributed by atoms with Crippen molar-refractivity contribution in [3.63, 3.8) is 0 Å². The Balaban J connectivity index is 1.29. The molecule has 0 aliphatic carbocycles. The lowest BCUT2D eigenvalue weighted by atomic mass is 9.89. The molecule has 3 aromatic heterocycles.